The lowest BCUT2D eigenvalue weighted by Gasteiger charge is -2.13. The molecule has 0 radical (unpaired) electrons. The summed E-state index contributed by atoms with van der Waals surface area (Å²) in [6.07, 6.45) is 0.884. The van der Waals surface area contributed by atoms with Gasteiger partial charge in [-0.05, 0) is 31.5 Å². The van der Waals surface area contributed by atoms with Crippen molar-refractivity contribution >= 4 is 29.3 Å². The van der Waals surface area contributed by atoms with Crippen molar-refractivity contribution < 1.29 is 9.53 Å². The fraction of sp³-hybridized carbons (Fsp3) is 0.286. The highest BCUT2D eigenvalue weighted by Gasteiger charge is 2.18. The SMILES string of the molecule is CC[C@H](C)NC(=O)CSc1nnc(-c2ccccc2)n1-c1ccc(OC)c(Cl)c1. The fourth-order valence-corrected chi connectivity index (χ4v) is 3.73. The quantitative estimate of drug-likeness (QED) is 0.529. The number of amides is 1. The number of benzene rings is 2. The van der Waals surface area contributed by atoms with E-state index in [0.717, 1.165) is 17.7 Å². The van der Waals surface area contributed by atoms with Crippen LogP contribution in [0, 0.1) is 0 Å². The van der Waals surface area contributed by atoms with Crippen molar-refractivity contribution in [2.75, 3.05) is 12.9 Å². The molecule has 0 fully saturated rings. The van der Waals surface area contributed by atoms with Gasteiger partial charge in [-0.2, -0.15) is 0 Å². The van der Waals surface area contributed by atoms with Gasteiger partial charge in [-0.3, -0.25) is 9.36 Å². The molecule has 1 aromatic heterocycles. The first-order valence-corrected chi connectivity index (χ1v) is 10.7. The minimum Gasteiger partial charge on any atom is -0.495 e. The highest BCUT2D eigenvalue weighted by Crippen LogP contribution is 2.32. The van der Waals surface area contributed by atoms with Crippen LogP contribution in [0.2, 0.25) is 5.02 Å². The Morgan fingerprint density at radius 2 is 2.00 bits per heavy atom. The van der Waals surface area contributed by atoms with E-state index in [-0.39, 0.29) is 17.7 Å². The predicted molar refractivity (Wildman–Crippen MR) is 117 cm³/mol. The lowest BCUT2D eigenvalue weighted by atomic mass is 10.2. The molecule has 2 aromatic carbocycles. The molecular weight excluding hydrogens is 408 g/mol. The van der Waals surface area contributed by atoms with Crippen LogP contribution in [0.5, 0.6) is 5.75 Å². The maximum atomic E-state index is 12.2. The minimum atomic E-state index is -0.0343. The average Bonchev–Trinajstić information content (AvgIpc) is 3.16. The molecule has 0 spiro atoms. The summed E-state index contributed by atoms with van der Waals surface area (Å²) in [6.45, 7) is 4.02. The number of carbonyl (C=O) groups excluding carboxylic acids is 1. The van der Waals surface area contributed by atoms with Crippen molar-refractivity contribution in [1.29, 1.82) is 0 Å². The predicted octanol–water partition coefficient (Wildman–Crippen LogP) is 4.60. The highest BCUT2D eigenvalue weighted by molar-refractivity contribution is 7.99. The maximum Gasteiger partial charge on any atom is 0.230 e. The van der Waals surface area contributed by atoms with Crippen LogP contribution in [0.1, 0.15) is 20.3 Å². The second-order valence-corrected chi connectivity index (χ2v) is 7.84. The van der Waals surface area contributed by atoms with Crippen LogP contribution in [-0.4, -0.2) is 39.6 Å². The number of hydrogen-bond acceptors (Lipinski definition) is 5. The average molecular weight is 431 g/mol. The Kier molecular flexibility index (Phi) is 7.17. The molecule has 0 aliphatic carbocycles. The van der Waals surface area contributed by atoms with Crippen LogP contribution >= 0.6 is 23.4 Å². The first-order valence-electron chi connectivity index (χ1n) is 9.30. The van der Waals surface area contributed by atoms with Gasteiger partial charge < -0.3 is 10.1 Å². The van der Waals surface area contributed by atoms with Gasteiger partial charge in [0.25, 0.3) is 0 Å². The smallest absolute Gasteiger partial charge is 0.230 e. The molecule has 3 rings (SSSR count). The molecule has 8 heteroatoms. The maximum absolute atomic E-state index is 12.2. The molecular formula is C21H23ClN4O2S. The summed E-state index contributed by atoms with van der Waals surface area (Å²) in [7, 11) is 1.58. The van der Waals surface area contributed by atoms with Crippen LogP contribution in [-0.2, 0) is 4.79 Å². The summed E-state index contributed by atoms with van der Waals surface area (Å²) < 4.78 is 7.16. The van der Waals surface area contributed by atoms with Gasteiger partial charge in [-0.1, -0.05) is 60.6 Å². The zero-order valence-electron chi connectivity index (χ0n) is 16.6. The zero-order chi connectivity index (χ0) is 20.8. The molecule has 152 valence electrons. The number of aromatic nitrogens is 3. The Balaban J connectivity index is 1.96. The van der Waals surface area contributed by atoms with Crippen molar-refractivity contribution in [1.82, 2.24) is 20.1 Å². The van der Waals surface area contributed by atoms with Gasteiger partial charge in [0.1, 0.15) is 5.75 Å². The monoisotopic (exact) mass is 430 g/mol. The van der Waals surface area contributed by atoms with E-state index >= 15 is 0 Å². The molecule has 0 saturated heterocycles. The van der Waals surface area contributed by atoms with Crippen LogP contribution in [0.4, 0.5) is 0 Å². The number of nitrogens with zero attached hydrogens (tertiary/aromatic N) is 3. The van der Waals surface area contributed by atoms with E-state index < -0.39 is 0 Å². The van der Waals surface area contributed by atoms with Crippen molar-refractivity contribution in [3.63, 3.8) is 0 Å². The molecule has 1 heterocycles. The Morgan fingerprint density at radius 3 is 2.66 bits per heavy atom. The molecule has 0 unspecified atom stereocenters. The minimum absolute atomic E-state index is 0.0343. The van der Waals surface area contributed by atoms with E-state index in [4.69, 9.17) is 16.3 Å². The third-order valence-electron chi connectivity index (χ3n) is 4.41. The zero-order valence-corrected chi connectivity index (χ0v) is 18.1. The normalized spacial score (nSPS) is 11.9. The third kappa shape index (κ3) is 5.10. The van der Waals surface area contributed by atoms with E-state index in [1.807, 2.05) is 54.8 Å². The number of halogens is 1. The van der Waals surface area contributed by atoms with Gasteiger partial charge in [-0.25, -0.2) is 0 Å². The largest absolute Gasteiger partial charge is 0.495 e. The van der Waals surface area contributed by atoms with Crippen molar-refractivity contribution in [3.8, 4) is 22.8 Å². The summed E-state index contributed by atoms with van der Waals surface area (Å²) in [5, 5.41) is 12.8. The van der Waals surface area contributed by atoms with Gasteiger partial charge >= 0.3 is 0 Å². The van der Waals surface area contributed by atoms with E-state index in [2.05, 4.69) is 15.5 Å². The van der Waals surface area contributed by atoms with Crippen molar-refractivity contribution in [2.45, 2.75) is 31.5 Å². The third-order valence-corrected chi connectivity index (χ3v) is 5.64. The Hall–Kier alpha value is -2.51. The molecule has 3 aromatic rings. The van der Waals surface area contributed by atoms with Crippen molar-refractivity contribution in [2.24, 2.45) is 0 Å². The van der Waals surface area contributed by atoms with Crippen LogP contribution in [0.3, 0.4) is 0 Å². The van der Waals surface area contributed by atoms with Gasteiger partial charge in [0.2, 0.25) is 5.91 Å². The molecule has 1 N–H and O–H groups in total. The summed E-state index contributed by atoms with van der Waals surface area (Å²) in [5.74, 6) is 1.48. The molecule has 1 amide bonds. The van der Waals surface area contributed by atoms with Crippen LogP contribution in [0.25, 0.3) is 17.1 Å². The van der Waals surface area contributed by atoms with Crippen molar-refractivity contribution in [3.05, 3.63) is 53.6 Å². The van der Waals surface area contributed by atoms with Crippen LogP contribution in [0.15, 0.2) is 53.7 Å². The molecule has 29 heavy (non-hydrogen) atoms. The fourth-order valence-electron chi connectivity index (χ4n) is 2.71. The summed E-state index contributed by atoms with van der Waals surface area (Å²) in [6, 6.07) is 15.4. The Bertz CT molecular complexity index is 978. The lowest BCUT2D eigenvalue weighted by molar-refractivity contribution is -0.119. The second-order valence-electron chi connectivity index (χ2n) is 6.49. The molecule has 6 nitrogen and oxygen atoms in total. The molecule has 1 atom stereocenters. The Morgan fingerprint density at radius 1 is 1.24 bits per heavy atom. The summed E-state index contributed by atoms with van der Waals surface area (Å²) in [4.78, 5) is 12.2. The van der Waals surface area contributed by atoms with Gasteiger partial charge in [0.15, 0.2) is 11.0 Å². The van der Waals surface area contributed by atoms with Gasteiger partial charge in [0, 0.05) is 11.6 Å². The number of methoxy groups -OCH3 is 1. The summed E-state index contributed by atoms with van der Waals surface area (Å²) >= 11 is 7.68. The number of carbonyl (C=O) groups is 1. The van der Waals surface area contributed by atoms with Gasteiger partial charge in [0.05, 0.1) is 23.6 Å². The van der Waals surface area contributed by atoms with E-state index in [1.165, 1.54) is 11.8 Å². The summed E-state index contributed by atoms with van der Waals surface area (Å²) in [5.41, 5.74) is 1.72. The number of ether oxygens (including phenoxy) is 1. The number of hydrogen-bond donors (Lipinski definition) is 1. The lowest BCUT2D eigenvalue weighted by Crippen LogP contribution is -2.33. The number of nitrogens with one attached hydrogen (secondary N) is 1. The first kappa shape index (κ1) is 21.2. The number of rotatable bonds is 8. The first-order chi connectivity index (χ1) is 14.0. The Labute approximate surface area is 179 Å². The van der Waals surface area contributed by atoms with Crippen LogP contribution < -0.4 is 10.1 Å². The number of thioether (sulfide) groups is 1. The highest BCUT2D eigenvalue weighted by atomic mass is 35.5. The van der Waals surface area contributed by atoms with E-state index in [1.54, 1.807) is 19.2 Å². The van der Waals surface area contributed by atoms with Gasteiger partial charge in [-0.15, -0.1) is 10.2 Å². The molecule has 0 aliphatic rings. The molecule has 0 saturated carbocycles. The second kappa shape index (κ2) is 9.80. The van der Waals surface area contributed by atoms with E-state index in [9.17, 15) is 4.79 Å². The topological polar surface area (TPSA) is 69.0 Å². The van der Waals surface area contributed by atoms with E-state index in [0.29, 0.717) is 21.8 Å². The molecule has 0 aliphatic heterocycles. The standard InChI is InChI=1S/C21H23ClN4O2S/c1-4-14(2)23-19(27)13-29-21-25-24-20(15-8-6-5-7-9-15)26(21)16-10-11-18(28-3)17(22)12-16/h5-12,14H,4,13H2,1-3H3,(H,23,27)/t14-/m0/s1. The molecule has 0 bridgehead atoms.